The third-order valence-electron chi connectivity index (χ3n) is 4.83. The van der Waals surface area contributed by atoms with Crippen LogP contribution < -0.4 is 5.32 Å². The van der Waals surface area contributed by atoms with Crippen molar-refractivity contribution >= 4 is 15.9 Å². The number of amides is 1. The van der Waals surface area contributed by atoms with Crippen LogP contribution in [0.1, 0.15) is 43.0 Å². The number of rotatable bonds is 6. The number of benzene rings is 1. The number of piperidine rings is 1. The van der Waals surface area contributed by atoms with Gasteiger partial charge in [0.25, 0.3) is 5.91 Å². The van der Waals surface area contributed by atoms with Gasteiger partial charge in [0.15, 0.2) is 5.79 Å². The molecular weight excluding hydrogens is 356 g/mol. The zero-order valence-electron chi connectivity index (χ0n) is 15.1. The van der Waals surface area contributed by atoms with Crippen molar-refractivity contribution in [2.75, 3.05) is 32.8 Å². The van der Waals surface area contributed by atoms with E-state index >= 15 is 0 Å². The maximum absolute atomic E-state index is 12.6. The number of hydrogen-bond acceptors (Lipinski definition) is 5. The summed E-state index contributed by atoms with van der Waals surface area (Å²) in [6, 6.07) is 6.11. The van der Waals surface area contributed by atoms with Crippen LogP contribution in [0.2, 0.25) is 0 Å². The van der Waals surface area contributed by atoms with E-state index in [1.807, 2.05) is 6.92 Å². The Labute approximate surface area is 154 Å². The van der Waals surface area contributed by atoms with E-state index in [4.69, 9.17) is 9.47 Å². The molecule has 8 heteroatoms. The Hall–Kier alpha value is -1.48. The minimum absolute atomic E-state index is 0.233. The molecule has 0 saturated carbocycles. The van der Waals surface area contributed by atoms with Crippen molar-refractivity contribution in [1.29, 1.82) is 0 Å². The highest BCUT2D eigenvalue weighted by molar-refractivity contribution is 7.89. The second-order valence-electron chi connectivity index (χ2n) is 6.83. The second-order valence-corrected chi connectivity index (χ2v) is 8.76. The van der Waals surface area contributed by atoms with Crippen molar-refractivity contribution in [1.82, 2.24) is 9.62 Å². The Balaban J connectivity index is 1.57. The maximum atomic E-state index is 12.6. The van der Waals surface area contributed by atoms with Gasteiger partial charge in [-0.25, -0.2) is 8.42 Å². The number of nitrogens with zero attached hydrogens (tertiary/aromatic N) is 1. The molecule has 2 aliphatic rings. The third kappa shape index (κ3) is 4.43. The minimum Gasteiger partial charge on any atom is -0.352 e. The average molecular weight is 382 g/mol. The summed E-state index contributed by atoms with van der Waals surface area (Å²) in [5, 5.41) is 2.81. The average Bonchev–Trinajstić information content (AvgIpc) is 3.09. The molecule has 0 spiro atoms. The molecule has 0 aromatic heterocycles. The molecule has 1 aromatic rings. The van der Waals surface area contributed by atoms with Crippen LogP contribution in [0, 0.1) is 0 Å². The standard InChI is InChI=1S/C18H26N2O5S/c1-18(24-13-14-25-18)9-10-19-17(21)15-5-7-16(8-6-15)26(22,23)20-11-3-2-4-12-20/h5-8H,2-4,9-14H2,1H3,(H,19,21). The predicted octanol–water partition coefficient (Wildman–Crippen LogP) is 1.74. The minimum atomic E-state index is -3.47. The summed E-state index contributed by atoms with van der Waals surface area (Å²) in [5.41, 5.74) is 0.431. The van der Waals surface area contributed by atoms with Gasteiger partial charge >= 0.3 is 0 Å². The van der Waals surface area contributed by atoms with Crippen molar-refractivity contribution in [3.8, 4) is 0 Å². The van der Waals surface area contributed by atoms with E-state index in [1.165, 1.54) is 16.4 Å². The molecule has 3 rings (SSSR count). The fourth-order valence-corrected chi connectivity index (χ4v) is 4.76. The molecule has 26 heavy (non-hydrogen) atoms. The van der Waals surface area contributed by atoms with Crippen LogP contribution in [-0.4, -0.2) is 57.3 Å². The van der Waals surface area contributed by atoms with Gasteiger partial charge in [0.05, 0.1) is 18.1 Å². The van der Waals surface area contributed by atoms with Gasteiger partial charge in [0, 0.05) is 31.6 Å². The van der Waals surface area contributed by atoms with Crippen LogP contribution in [0.5, 0.6) is 0 Å². The Kier molecular flexibility index (Phi) is 5.96. The zero-order chi connectivity index (χ0) is 18.6. The summed E-state index contributed by atoms with van der Waals surface area (Å²) in [5.74, 6) is -0.881. The van der Waals surface area contributed by atoms with Crippen LogP contribution >= 0.6 is 0 Å². The molecule has 1 aromatic carbocycles. The Morgan fingerprint density at radius 2 is 1.73 bits per heavy atom. The van der Waals surface area contributed by atoms with Crippen molar-refractivity contribution in [2.45, 2.75) is 43.3 Å². The van der Waals surface area contributed by atoms with Gasteiger partial charge in [0.2, 0.25) is 10.0 Å². The maximum Gasteiger partial charge on any atom is 0.251 e. The lowest BCUT2D eigenvalue weighted by atomic mass is 10.2. The predicted molar refractivity (Wildman–Crippen MR) is 96.3 cm³/mol. The Morgan fingerprint density at radius 3 is 2.35 bits per heavy atom. The van der Waals surface area contributed by atoms with Crippen molar-refractivity contribution in [3.05, 3.63) is 29.8 Å². The normalized spacial score (nSPS) is 20.8. The van der Waals surface area contributed by atoms with E-state index in [9.17, 15) is 13.2 Å². The molecule has 144 valence electrons. The van der Waals surface area contributed by atoms with Gasteiger partial charge < -0.3 is 14.8 Å². The lowest BCUT2D eigenvalue weighted by Gasteiger charge is -2.25. The van der Waals surface area contributed by atoms with E-state index in [-0.39, 0.29) is 10.8 Å². The highest BCUT2D eigenvalue weighted by Crippen LogP contribution is 2.22. The summed E-state index contributed by atoms with van der Waals surface area (Å²) in [7, 11) is -3.47. The van der Waals surface area contributed by atoms with Crippen molar-refractivity contribution in [2.24, 2.45) is 0 Å². The topological polar surface area (TPSA) is 84.9 Å². The fourth-order valence-electron chi connectivity index (χ4n) is 3.24. The Morgan fingerprint density at radius 1 is 1.12 bits per heavy atom. The lowest BCUT2D eigenvalue weighted by molar-refractivity contribution is -0.145. The number of sulfonamides is 1. The molecule has 0 atom stereocenters. The van der Waals surface area contributed by atoms with Crippen LogP contribution in [0.4, 0.5) is 0 Å². The quantitative estimate of drug-likeness (QED) is 0.810. The first-order chi connectivity index (χ1) is 12.4. The molecule has 0 aliphatic carbocycles. The monoisotopic (exact) mass is 382 g/mol. The molecule has 7 nitrogen and oxygen atoms in total. The van der Waals surface area contributed by atoms with E-state index in [0.717, 1.165) is 19.3 Å². The smallest absolute Gasteiger partial charge is 0.251 e. The van der Waals surface area contributed by atoms with E-state index in [1.54, 1.807) is 12.1 Å². The number of carbonyl (C=O) groups excluding carboxylic acids is 1. The first kappa shape index (κ1) is 19.3. The third-order valence-corrected chi connectivity index (χ3v) is 6.74. The lowest BCUT2D eigenvalue weighted by Crippen LogP contribution is -2.35. The molecule has 2 heterocycles. The van der Waals surface area contributed by atoms with Crippen LogP contribution in [0.3, 0.4) is 0 Å². The first-order valence-electron chi connectivity index (χ1n) is 9.07. The number of hydrogen-bond donors (Lipinski definition) is 1. The molecular formula is C18H26N2O5S. The fraction of sp³-hybridized carbons (Fsp3) is 0.611. The van der Waals surface area contributed by atoms with E-state index in [0.29, 0.717) is 44.8 Å². The van der Waals surface area contributed by atoms with Crippen LogP contribution in [0.25, 0.3) is 0 Å². The van der Waals surface area contributed by atoms with E-state index in [2.05, 4.69) is 5.32 Å². The molecule has 2 saturated heterocycles. The zero-order valence-corrected chi connectivity index (χ0v) is 15.9. The van der Waals surface area contributed by atoms with Gasteiger partial charge in [-0.05, 0) is 44.0 Å². The molecule has 0 bridgehead atoms. The molecule has 1 amide bonds. The highest BCUT2D eigenvalue weighted by Gasteiger charge is 2.30. The number of nitrogens with one attached hydrogen (secondary N) is 1. The second kappa shape index (κ2) is 8.04. The Bertz CT molecular complexity index is 720. The summed E-state index contributed by atoms with van der Waals surface area (Å²) in [6.45, 7) is 4.53. The molecule has 2 aliphatic heterocycles. The summed E-state index contributed by atoms with van der Waals surface area (Å²) in [4.78, 5) is 12.5. The van der Waals surface area contributed by atoms with Gasteiger partial charge in [-0.15, -0.1) is 0 Å². The van der Waals surface area contributed by atoms with Crippen molar-refractivity contribution in [3.63, 3.8) is 0 Å². The largest absolute Gasteiger partial charge is 0.352 e. The van der Waals surface area contributed by atoms with Gasteiger partial charge in [-0.1, -0.05) is 6.42 Å². The van der Waals surface area contributed by atoms with Crippen LogP contribution in [0.15, 0.2) is 29.2 Å². The SMILES string of the molecule is CC1(CCNC(=O)c2ccc(S(=O)(=O)N3CCCCC3)cc2)OCCO1. The molecule has 0 unspecified atom stereocenters. The number of ether oxygens (including phenoxy) is 2. The van der Waals surface area contributed by atoms with Crippen molar-refractivity contribution < 1.29 is 22.7 Å². The summed E-state index contributed by atoms with van der Waals surface area (Å²) < 4.78 is 37.8. The van der Waals surface area contributed by atoms with Gasteiger partial charge in [0.1, 0.15) is 0 Å². The molecule has 2 fully saturated rings. The van der Waals surface area contributed by atoms with Crippen LogP contribution in [-0.2, 0) is 19.5 Å². The van der Waals surface area contributed by atoms with Gasteiger partial charge in [-0.3, -0.25) is 4.79 Å². The van der Waals surface area contributed by atoms with Gasteiger partial charge in [-0.2, -0.15) is 4.31 Å². The highest BCUT2D eigenvalue weighted by atomic mass is 32.2. The number of carbonyl (C=O) groups is 1. The summed E-state index contributed by atoms with van der Waals surface area (Å²) >= 11 is 0. The first-order valence-corrected chi connectivity index (χ1v) is 10.5. The molecule has 1 N–H and O–H groups in total. The molecule has 0 radical (unpaired) electrons. The van der Waals surface area contributed by atoms with E-state index < -0.39 is 15.8 Å². The summed E-state index contributed by atoms with van der Waals surface area (Å²) in [6.07, 6.45) is 3.42.